The predicted molar refractivity (Wildman–Crippen MR) is 151 cm³/mol. The highest BCUT2D eigenvalue weighted by atomic mass is 16.6. The lowest BCUT2D eigenvalue weighted by atomic mass is 9.47. The summed E-state index contributed by atoms with van der Waals surface area (Å²) >= 11 is 0. The van der Waals surface area contributed by atoms with Crippen LogP contribution in [0, 0.1) is 35.0 Å². The van der Waals surface area contributed by atoms with Crippen LogP contribution in [0.2, 0.25) is 0 Å². The normalized spacial score (nSPS) is 35.9. The number of benzene rings is 1. The van der Waals surface area contributed by atoms with Crippen molar-refractivity contribution in [2.24, 2.45) is 28.1 Å². The smallest absolute Gasteiger partial charge is 0.482 e. The van der Waals surface area contributed by atoms with Crippen molar-refractivity contribution >= 4 is 24.3 Å². The molecule has 0 radical (unpaired) electrons. The number of carbonyl (C=O) groups is 2. The lowest BCUT2D eigenvalue weighted by molar-refractivity contribution is -0.190. The standard InChI is InChI=1S/C31H45BO7/c1-8-29(6)15-26(39-27(34)17-37-23-13-19(2)24-16-38-32(36)25(24)14-23)30(7)18-31(11-9-20(30)3,12-10-21(4)33)22(5)28(29)35/h8,13-14,20,22,26,28,35-36H,1,9-12,15-18H2,2-7H3/t20-,22+,26-,28+,29-,30+,31-/m1/s1. The molecule has 0 unspecified atom stereocenters. The molecular weight excluding hydrogens is 495 g/mol. The zero-order valence-electron chi connectivity index (χ0n) is 24.4. The first-order valence-electron chi connectivity index (χ1n) is 14.3. The fourth-order valence-electron chi connectivity index (χ4n) is 7.48. The summed E-state index contributed by atoms with van der Waals surface area (Å²) in [5.74, 6) is 0.415. The number of carbonyl (C=O) groups excluding carboxylic acids is 2. The monoisotopic (exact) mass is 540 g/mol. The number of rotatable bonds is 8. The molecule has 39 heavy (non-hydrogen) atoms. The SMILES string of the molecule is C=C[C@]1(C)C[C@@H](OC(=O)COc2cc(C)c3c(c2)B(O)OC3)[C@@]2(C)C[C@](CCC(C)=O)(CC[C@H]2C)[C@@H](C)[C@@H]1O. The van der Waals surface area contributed by atoms with Crippen LogP contribution in [0.1, 0.15) is 84.3 Å². The average molecular weight is 541 g/mol. The molecule has 2 fully saturated rings. The molecule has 0 spiro atoms. The van der Waals surface area contributed by atoms with Crippen molar-refractivity contribution < 1.29 is 33.8 Å². The van der Waals surface area contributed by atoms with Crippen molar-refractivity contribution in [3.05, 3.63) is 35.9 Å². The van der Waals surface area contributed by atoms with Crippen molar-refractivity contribution in [1.82, 2.24) is 0 Å². The minimum Gasteiger partial charge on any atom is -0.482 e. The van der Waals surface area contributed by atoms with Crippen LogP contribution in [0.25, 0.3) is 0 Å². The summed E-state index contributed by atoms with van der Waals surface area (Å²) < 4.78 is 17.4. The van der Waals surface area contributed by atoms with E-state index in [-0.39, 0.29) is 29.1 Å². The summed E-state index contributed by atoms with van der Waals surface area (Å²) in [6, 6.07) is 3.55. The first-order chi connectivity index (χ1) is 18.2. The van der Waals surface area contributed by atoms with Gasteiger partial charge in [0, 0.05) is 17.3 Å². The van der Waals surface area contributed by atoms with E-state index >= 15 is 0 Å². The van der Waals surface area contributed by atoms with Gasteiger partial charge in [0.15, 0.2) is 6.61 Å². The first kappa shape index (κ1) is 29.8. The molecule has 1 aromatic carbocycles. The highest BCUT2D eigenvalue weighted by Gasteiger charge is 2.58. The molecule has 2 saturated carbocycles. The molecule has 8 heteroatoms. The van der Waals surface area contributed by atoms with Gasteiger partial charge in [-0.2, -0.15) is 0 Å². The van der Waals surface area contributed by atoms with Gasteiger partial charge in [-0.3, -0.25) is 0 Å². The fourth-order valence-corrected chi connectivity index (χ4v) is 7.48. The molecule has 0 aromatic heterocycles. The number of ketones is 1. The summed E-state index contributed by atoms with van der Waals surface area (Å²) in [6.07, 6.45) is 4.97. The predicted octanol–water partition coefficient (Wildman–Crippen LogP) is 4.28. The minimum absolute atomic E-state index is 0.0333. The molecule has 0 amide bonds. The largest absolute Gasteiger partial charge is 0.491 e. The highest BCUT2D eigenvalue weighted by molar-refractivity contribution is 6.61. The second-order valence-electron chi connectivity index (χ2n) is 13.1. The number of aliphatic hydroxyl groups excluding tert-OH is 1. The topological polar surface area (TPSA) is 102 Å². The van der Waals surface area contributed by atoms with Gasteiger partial charge in [-0.1, -0.05) is 33.8 Å². The van der Waals surface area contributed by atoms with Gasteiger partial charge < -0.3 is 29.1 Å². The van der Waals surface area contributed by atoms with Crippen molar-refractivity contribution in [3.63, 3.8) is 0 Å². The van der Waals surface area contributed by atoms with E-state index < -0.39 is 30.7 Å². The van der Waals surface area contributed by atoms with Crippen LogP contribution in [-0.2, 0) is 25.6 Å². The molecule has 7 atom stereocenters. The number of hydrogen-bond acceptors (Lipinski definition) is 7. The van der Waals surface area contributed by atoms with Crippen molar-refractivity contribution in [1.29, 1.82) is 0 Å². The van der Waals surface area contributed by atoms with Gasteiger partial charge in [0.2, 0.25) is 0 Å². The molecule has 1 heterocycles. The van der Waals surface area contributed by atoms with E-state index in [0.29, 0.717) is 43.0 Å². The number of hydrogen-bond donors (Lipinski definition) is 2. The molecule has 0 saturated heterocycles. The number of esters is 1. The number of aryl methyl sites for hydroxylation is 1. The van der Waals surface area contributed by atoms with Gasteiger partial charge in [0.1, 0.15) is 17.6 Å². The molecule has 3 aliphatic rings. The van der Waals surface area contributed by atoms with Crippen LogP contribution in [0.4, 0.5) is 0 Å². The van der Waals surface area contributed by atoms with Gasteiger partial charge in [0.25, 0.3) is 0 Å². The number of fused-ring (bicyclic) bond motifs is 3. The van der Waals surface area contributed by atoms with Gasteiger partial charge >= 0.3 is 13.1 Å². The number of Topliss-reactive ketones (excluding diaryl/α,β-unsaturated/α-hetero) is 1. The zero-order chi connectivity index (χ0) is 28.8. The summed E-state index contributed by atoms with van der Waals surface area (Å²) in [5, 5.41) is 21.8. The minimum atomic E-state index is -0.995. The molecule has 2 aliphatic carbocycles. The van der Waals surface area contributed by atoms with Gasteiger partial charge in [-0.15, -0.1) is 6.58 Å². The Bertz CT molecular complexity index is 1120. The second kappa shape index (κ2) is 11.0. The maximum atomic E-state index is 13.3. The molecule has 214 valence electrons. The first-order valence-corrected chi connectivity index (χ1v) is 14.3. The zero-order valence-corrected chi connectivity index (χ0v) is 24.4. The van der Waals surface area contributed by atoms with Crippen molar-refractivity contribution in [2.75, 3.05) is 6.61 Å². The van der Waals surface area contributed by atoms with E-state index in [2.05, 4.69) is 27.4 Å². The van der Waals surface area contributed by atoms with Crippen LogP contribution in [0.15, 0.2) is 24.8 Å². The van der Waals surface area contributed by atoms with E-state index in [1.165, 1.54) is 0 Å². The molecular formula is C31H45BO7. The highest BCUT2D eigenvalue weighted by Crippen LogP contribution is 2.62. The summed E-state index contributed by atoms with van der Waals surface area (Å²) in [4.78, 5) is 25.3. The van der Waals surface area contributed by atoms with Crippen LogP contribution in [-0.4, -0.2) is 47.8 Å². The quantitative estimate of drug-likeness (QED) is 0.288. The van der Waals surface area contributed by atoms with Crippen molar-refractivity contribution in [2.45, 2.75) is 98.9 Å². The number of ether oxygens (including phenoxy) is 2. The molecule has 1 aromatic rings. The Hall–Kier alpha value is -2.16. The summed E-state index contributed by atoms with van der Waals surface area (Å²) in [6.45, 7) is 16.2. The molecule has 4 rings (SSSR count). The van der Waals surface area contributed by atoms with E-state index in [1.807, 2.05) is 19.9 Å². The third kappa shape index (κ3) is 5.57. The second-order valence-corrected chi connectivity index (χ2v) is 13.1. The van der Waals surface area contributed by atoms with Gasteiger partial charge in [0.05, 0.1) is 12.7 Å². The van der Waals surface area contributed by atoms with E-state index in [1.54, 1.807) is 19.1 Å². The van der Waals surface area contributed by atoms with Gasteiger partial charge in [-0.25, -0.2) is 4.79 Å². The molecule has 1 aliphatic heterocycles. The van der Waals surface area contributed by atoms with Crippen LogP contribution < -0.4 is 10.2 Å². The Balaban J connectivity index is 1.59. The van der Waals surface area contributed by atoms with Crippen LogP contribution in [0.5, 0.6) is 5.75 Å². The lowest BCUT2D eigenvalue weighted by Gasteiger charge is -2.60. The van der Waals surface area contributed by atoms with Crippen LogP contribution >= 0.6 is 0 Å². The Labute approximate surface area is 233 Å². The third-order valence-corrected chi connectivity index (χ3v) is 10.6. The van der Waals surface area contributed by atoms with E-state index in [9.17, 15) is 19.7 Å². The van der Waals surface area contributed by atoms with E-state index in [0.717, 1.165) is 30.4 Å². The average Bonchev–Trinajstić information content (AvgIpc) is 3.27. The molecule has 2 N–H and O–H groups in total. The van der Waals surface area contributed by atoms with E-state index in [4.69, 9.17) is 14.1 Å². The maximum absolute atomic E-state index is 13.3. The fraction of sp³-hybridized carbons (Fsp3) is 0.677. The molecule has 2 bridgehead atoms. The Morgan fingerprint density at radius 2 is 2.00 bits per heavy atom. The van der Waals surface area contributed by atoms with Crippen LogP contribution in [0.3, 0.4) is 0 Å². The molecule has 7 nitrogen and oxygen atoms in total. The third-order valence-electron chi connectivity index (χ3n) is 10.6. The van der Waals surface area contributed by atoms with Crippen molar-refractivity contribution in [3.8, 4) is 5.75 Å². The summed E-state index contributed by atoms with van der Waals surface area (Å²) in [5.41, 5.74) is 1.30. The lowest BCUT2D eigenvalue weighted by Crippen LogP contribution is -2.58. The Morgan fingerprint density at radius 3 is 2.67 bits per heavy atom. The van der Waals surface area contributed by atoms with Gasteiger partial charge in [-0.05, 0) is 91.9 Å². The Morgan fingerprint density at radius 1 is 1.28 bits per heavy atom. The maximum Gasteiger partial charge on any atom is 0.491 e. The number of aliphatic hydroxyl groups is 1. The summed E-state index contributed by atoms with van der Waals surface area (Å²) in [7, 11) is -0.995. The Kier molecular flexibility index (Phi) is 8.43.